The Morgan fingerprint density at radius 3 is 2.60 bits per heavy atom. The van der Waals surface area contributed by atoms with E-state index in [2.05, 4.69) is 10.1 Å². The summed E-state index contributed by atoms with van der Waals surface area (Å²) in [7, 11) is -3.76. The second-order valence-corrected chi connectivity index (χ2v) is 6.04. The van der Waals surface area contributed by atoms with Gasteiger partial charge in [-0.25, -0.2) is 13.6 Å². The van der Waals surface area contributed by atoms with Crippen LogP contribution in [0.15, 0.2) is 0 Å². The average Bonchev–Trinajstić information content (AvgIpc) is 2.81. The molecule has 1 unspecified atom stereocenters. The molecule has 1 aliphatic rings. The topological polar surface area (TPSA) is 122 Å². The molecular weight excluding hydrogens is 303 g/mol. The number of rotatable bonds is 3. The SMILES string of the molecule is NS(=O)(=O)CC1CC(=O)N(c2n[nH]c(C(F)(F)F)n2)C1. The summed E-state index contributed by atoms with van der Waals surface area (Å²) in [5.41, 5.74) is 0. The Morgan fingerprint density at radius 1 is 1.45 bits per heavy atom. The first-order valence-electron chi connectivity index (χ1n) is 5.36. The smallest absolute Gasteiger partial charge is 0.279 e. The number of aromatic nitrogens is 3. The summed E-state index contributed by atoms with van der Waals surface area (Å²) in [4.78, 5) is 15.7. The molecule has 0 saturated carbocycles. The predicted molar refractivity (Wildman–Crippen MR) is 59.8 cm³/mol. The summed E-state index contributed by atoms with van der Waals surface area (Å²) in [6.45, 7) is -0.0928. The van der Waals surface area contributed by atoms with Crippen molar-refractivity contribution in [1.29, 1.82) is 0 Å². The zero-order valence-electron chi connectivity index (χ0n) is 9.88. The van der Waals surface area contributed by atoms with Gasteiger partial charge in [-0.3, -0.25) is 14.8 Å². The molecule has 1 fully saturated rings. The molecule has 20 heavy (non-hydrogen) atoms. The maximum atomic E-state index is 12.4. The number of amides is 1. The highest BCUT2D eigenvalue weighted by Gasteiger charge is 2.39. The number of hydrogen-bond acceptors (Lipinski definition) is 5. The van der Waals surface area contributed by atoms with E-state index in [0.717, 1.165) is 4.90 Å². The molecule has 1 aliphatic heterocycles. The highest BCUT2D eigenvalue weighted by atomic mass is 32.2. The molecule has 1 aromatic heterocycles. The summed E-state index contributed by atoms with van der Waals surface area (Å²) in [5, 5.41) is 9.86. The van der Waals surface area contributed by atoms with Crippen LogP contribution in [0.2, 0.25) is 0 Å². The lowest BCUT2D eigenvalue weighted by Gasteiger charge is -2.11. The van der Waals surface area contributed by atoms with Gasteiger partial charge in [-0.15, -0.1) is 5.10 Å². The molecule has 0 bridgehead atoms. The van der Waals surface area contributed by atoms with Gasteiger partial charge >= 0.3 is 6.18 Å². The number of anilines is 1. The second kappa shape index (κ2) is 4.70. The molecule has 3 N–H and O–H groups in total. The first kappa shape index (κ1) is 14.7. The molecule has 1 amide bonds. The van der Waals surface area contributed by atoms with Crippen molar-refractivity contribution in [2.24, 2.45) is 11.1 Å². The summed E-state index contributed by atoms with van der Waals surface area (Å²) < 4.78 is 58.9. The molecule has 8 nitrogen and oxygen atoms in total. The molecule has 112 valence electrons. The minimum atomic E-state index is -4.70. The highest BCUT2D eigenvalue weighted by Crippen LogP contribution is 2.29. The van der Waals surface area contributed by atoms with E-state index in [0.29, 0.717) is 0 Å². The van der Waals surface area contributed by atoms with E-state index in [4.69, 9.17) is 5.14 Å². The number of nitrogens with one attached hydrogen (secondary N) is 1. The van der Waals surface area contributed by atoms with E-state index in [1.807, 2.05) is 0 Å². The van der Waals surface area contributed by atoms with Crippen molar-refractivity contribution >= 4 is 21.9 Å². The van der Waals surface area contributed by atoms with Gasteiger partial charge in [-0.2, -0.15) is 18.2 Å². The van der Waals surface area contributed by atoms with Crippen LogP contribution >= 0.6 is 0 Å². The van der Waals surface area contributed by atoms with E-state index in [9.17, 15) is 26.4 Å². The summed E-state index contributed by atoms with van der Waals surface area (Å²) in [6.07, 6.45) is -4.83. The molecule has 0 radical (unpaired) electrons. The Morgan fingerprint density at radius 2 is 2.10 bits per heavy atom. The van der Waals surface area contributed by atoms with Crippen molar-refractivity contribution in [2.45, 2.75) is 12.6 Å². The van der Waals surface area contributed by atoms with Gasteiger partial charge in [0.2, 0.25) is 21.8 Å². The number of nitrogens with zero attached hydrogens (tertiary/aromatic N) is 3. The number of carbonyl (C=O) groups is 1. The van der Waals surface area contributed by atoms with Crippen LogP contribution in [0.1, 0.15) is 12.2 Å². The number of carbonyl (C=O) groups excluding carboxylic acids is 1. The lowest BCUT2D eigenvalue weighted by atomic mass is 10.1. The molecule has 2 rings (SSSR count). The molecular formula is C8H10F3N5O3S. The normalized spacial score (nSPS) is 20.7. The Hall–Kier alpha value is -1.69. The zero-order valence-corrected chi connectivity index (χ0v) is 10.7. The Kier molecular flexibility index (Phi) is 3.46. The second-order valence-electron chi connectivity index (χ2n) is 4.39. The number of aromatic amines is 1. The van der Waals surface area contributed by atoms with Gasteiger partial charge in [0.25, 0.3) is 5.95 Å². The lowest BCUT2D eigenvalue weighted by Crippen LogP contribution is -2.28. The lowest BCUT2D eigenvalue weighted by molar-refractivity contribution is -0.144. The third-order valence-electron chi connectivity index (χ3n) is 2.66. The van der Waals surface area contributed by atoms with Crippen molar-refractivity contribution in [3.05, 3.63) is 5.82 Å². The standard InChI is InChI=1S/C8H10F3N5O3S/c9-8(10,11)6-13-7(15-14-6)16-2-4(1-5(16)17)3-20(12,18)19/h4H,1-3H2,(H2,12,18,19)(H,13,14,15). The van der Waals surface area contributed by atoms with Crippen LogP contribution in [0.5, 0.6) is 0 Å². The number of primary sulfonamides is 1. The fourth-order valence-corrected chi connectivity index (χ4v) is 2.80. The van der Waals surface area contributed by atoms with Crippen LogP contribution in [-0.2, 0) is 21.0 Å². The van der Waals surface area contributed by atoms with Gasteiger partial charge < -0.3 is 0 Å². The molecule has 0 aliphatic carbocycles. The van der Waals surface area contributed by atoms with Crippen molar-refractivity contribution in [3.8, 4) is 0 Å². The van der Waals surface area contributed by atoms with Gasteiger partial charge in [0.15, 0.2) is 0 Å². The first-order valence-corrected chi connectivity index (χ1v) is 7.08. The van der Waals surface area contributed by atoms with Crippen LogP contribution in [0.25, 0.3) is 0 Å². The Labute approximate surface area is 111 Å². The molecule has 1 aromatic rings. The molecule has 0 aromatic carbocycles. The number of sulfonamides is 1. The fourth-order valence-electron chi connectivity index (χ4n) is 1.92. The number of hydrogen-bond donors (Lipinski definition) is 2. The number of nitrogens with two attached hydrogens (primary N) is 1. The van der Waals surface area contributed by atoms with E-state index in [1.54, 1.807) is 5.10 Å². The first-order chi connectivity index (χ1) is 9.06. The predicted octanol–water partition coefficient (Wildman–Crippen LogP) is -0.535. The van der Waals surface area contributed by atoms with Crippen LogP contribution in [0.4, 0.5) is 19.1 Å². The van der Waals surface area contributed by atoms with Crippen LogP contribution in [0.3, 0.4) is 0 Å². The fraction of sp³-hybridized carbons (Fsp3) is 0.625. The van der Waals surface area contributed by atoms with Crippen LogP contribution < -0.4 is 10.0 Å². The molecule has 2 heterocycles. The number of halogens is 3. The average molecular weight is 313 g/mol. The van der Waals surface area contributed by atoms with Gasteiger partial charge in [0, 0.05) is 18.9 Å². The summed E-state index contributed by atoms with van der Waals surface area (Å²) >= 11 is 0. The van der Waals surface area contributed by atoms with Crippen LogP contribution in [-0.4, -0.2) is 41.8 Å². The molecule has 0 spiro atoms. The van der Waals surface area contributed by atoms with Gasteiger partial charge in [-0.1, -0.05) is 0 Å². The van der Waals surface area contributed by atoms with Crippen LogP contribution in [0, 0.1) is 5.92 Å². The maximum Gasteiger partial charge on any atom is 0.451 e. The number of H-pyrrole nitrogens is 1. The molecule has 12 heteroatoms. The van der Waals surface area contributed by atoms with E-state index >= 15 is 0 Å². The van der Waals surface area contributed by atoms with Gasteiger partial charge in [-0.05, 0) is 0 Å². The largest absolute Gasteiger partial charge is 0.451 e. The quantitative estimate of drug-likeness (QED) is 0.776. The zero-order chi connectivity index (χ0) is 15.1. The van der Waals surface area contributed by atoms with E-state index < -0.39 is 45.6 Å². The van der Waals surface area contributed by atoms with E-state index in [1.165, 1.54) is 0 Å². The monoisotopic (exact) mass is 313 g/mol. The van der Waals surface area contributed by atoms with Crippen molar-refractivity contribution in [1.82, 2.24) is 15.2 Å². The maximum absolute atomic E-state index is 12.4. The summed E-state index contributed by atoms with van der Waals surface area (Å²) in [6, 6.07) is 0. The highest BCUT2D eigenvalue weighted by molar-refractivity contribution is 7.89. The molecule has 1 saturated heterocycles. The molecule has 1 atom stereocenters. The van der Waals surface area contributed by atoms with Gasteiger partial charge in [0.1, 0.15) is 0 Å². The van der Waals surface area contributed by atoms with Crippen molar-refractivity contribution < 1.29 is 26.4 Å². The third-order valence-corrected chi connectivity index (χ3v) is 3.59. The Bertz CT molecular complexity index is 626. The third kappa shape index (κ3) is 3.25. The Balaban J connectivity index is 2.14. The summed E-state index contributed by atoms with van der Waals surface area (Å²) in [5.74, 6) is -3.32. The van der Waals surface area contributed by atoms with E-state index in [-0.39, 0.29) is 13.0 Å². The minimum Gasteiger partial charge on any atom is -0.279 e. The van der Waals surface area contributed by atoms with Gasteiger partial charge in [0.05, 0.1) is 5.75 Å². The van der Waals surface area contributed by atoms with Crippen molar-refractivity contribution in [2.75, 3.05) is 17.2 Å². The number of alkyl halides is 3. The minimum absolute atomic E-state index is 0.0928. The van der Waals surface area contributed by atoms with Crippen molar-refractivity contribution in [3.63, 3.8) is 0 Å².